The maximum absolute atomic E-state index is 10.9. The van der Waals surface area contributed by atoms with Crippen LogP contribution in [0.1, 0.15) is 32.1 Å². The van der Waals surface area contributed by atoms with Crippen LogP contribution in [-0.2, 0) is 14.3 Å². The van der Waals surface area contributed by atoms with Gasteiger partial charge in [0.25, 0.3) is 0 Å². The molecule has 5 heteroatoms. The number of carbonyl (C=O) groups is 2. The first kappa shape index (κ1) is 14.0. The zero-order valence-corrected chi connectivity index (χ0v) is 10.5. The molecule has 1 heterocycles. The van der Waals surface area contributed by atoms with E-state index in [4.69, 9.17) is 5.73 Å². The lowest BCUT2D eigenvalue weighted by molar-refractivity contribution is -0.140. The van der Waals surface area contributed by atoms with E-state index in [1.807, 2.05) is 0 Å². The Morgan fingerprint density at radius 2 is 2.00 bits per heavy atom. The van der Waals surface area contributed by atoms with Crippen LogP contribution < -0.4 is 5.73 Å². The number of carbonyl (C=O) groups excluding carboxylic acids is 2. The standard InChI is InChI=1S/C12H22N2O3/c1-17-12(16)3-2-6-14-7-4-10(5-8-14)9-11(13)15/h10H,2-9H2,1H3,(H2,13,15). The fourth-order valence-corrected chi connectivity index (χ4v) is 2.25. The molecule has 1 rings (SSSR count). The number of nitrogens with two attached hydrogens (primary N) is 1. The van der Waals surface area contributed by atoms with Gasteiger partial charge in [0.05, 0.1) is 7.11 Å². The van der Waals surface area contributed by atoms with Crippen molar-refractivity contribution in [1.29, 1.82) is 0 Å². The Balaban J connectivity index is 2.10. The minimum Gasteiger partial charge on any atom is -0.469 e. The molecular formula is C12H22N2O3. The van der Waals surface area contributed by atoms with Crippen molar-refractivity contribution in [3.63, 3.8) is 0 Å². The quantitative estimate of drug-likeness (QED) is 0.689. The van der Waals surface area contributed by atoms with Crippen molar-refractivity contribution in [1.82, 2.24) is 4.90 Å². The zero-order chi connectivity index (χ0) is 12.7. The molecule has 0 aromatic heterocycles. The molecule has 1 aliphatic heterocycles. The van der Waals surface area contributed by atoms with E-state index < -0.39 is 0 Å². The topological polar surface area (TPSA) is 72.6 Å². The van der Waals surface area contributed by atoms with Gasteiger partial charge in [-0.1, -0.05) is 0 Å². The van der Waals surface area contributed by atoms with Gasteiger partial charge in [0.1, 0.15) is 0 Å². The van der Waals surface area contributed by atoms with Gasteiger partial charge in [-0.25, -0.2) is 0 Å². The number of nitrogens with zero attached hydrogens (tertiary/aromatic N) is 1. The van der Waals surface area contributed by atoms with Crippen LogP contribution in [0, 0.1) is 5.92 Å². The van der Waals surface area contributed by atoms with Crippen LogP contribution in [0.3, 0.4) is 0 Å². The molecule has 1 amide bonds. The van der Waals surface area contributed by atoms with Gasteiger partial charge in [-0.05, 0) is 44.8 Å². The normalized spacial score (nSPS) is 17.9. The second-order valence-corrected chi connectivity index (χ2v) is 4.64. The Labute approximate surface area is 102 Å². The van der Waals surface area contributed by atoms with Crippen molar-refractivity contribution in [2.75, 3.05) is 26.7 Å². The Morgan fingerprint density at radius 1 is 1.35 bits per heavy atom. The molecule has 0 aliphatic carbocycles. The van der Waals surface area contributed by atoms with E-state index >= 15 is 0 Å². The molecule has 0 atom stereocenters. The fraction of sp³-hybridized carbons (Fsp3) is 0.833. The summed E-state index contributed by atoms with van der Waals surface area (Å²) in [6, 6.07) is 0. The Morgan fingerprint density at radius 3 is 2.53 bits per heavy atom. The molecular weight excluding hydrogens is 220 g/mol. The van der Waals surface area contributed by atoms with E-state index in [1.165, 1.54) is 7.11 Å². The number of likely N-dealkylation sites (tertiary alicyclic amines) is 1. The van der Waals surface area contributed by atoms with Crippen LogP contribution in [0.4, 0.5) is 0 Å². The van der Waals surface area contributed by atoms with Crippen molar-refractivity contribution in [2.45, 2.75) is 32.1 Å². The minimum atomic E-state index is -0.200. The van der Waals surface area contributed by atoms with Crippen molar-refractivity contribution < 1.29 is 14.3 Å². The van der Waals surface area contributed by atoms with Crippen LogP contribution in [0.2, 0.25) is 0 Å². The van der Waals surface area contributed by atoms with Crippen LogP contribution >= 0.6 is 0 Å². The largest absolute Gasteiger partial charge is 0.469 e. The Kier molecular flexibility index (Phi) is 5.97. The smallest absolute Gasteiger partial charge is 0.305 e. The van der Waals surface area contributed by atoms with E-state index in [-0.39, 0.29) is 11.9 Å². The molecule has 98 valence electrons. The highest BCUT2D eigenvalue weighted by Crippen LogP contribution is 2.20. The minimum absolute atomic E-state index is 0.145. The summed E-state index contributed by atoms with van der Waals surface area (Å²) >= 11 is 0. The van der Waals surface area contributed by atoms with Crippen molar-refractivity contribution in [3.8, 4) is 0 Å². The average molecular weight is 242 g/mol. The molecule has 0 spiro atoms. The van der Waals surface area contributed by atoms with Gasteiger partial charge in [0.2, 0.25) is 5.91 Å². The van der Waals surface area contributed by atoms with Gasteiger partial charge >= 0.3 is 5.97 Å². The van der Waals surface area contributed by atoms with E-state index in [1.54, 1.807) is 0 Å². The van der Waals surface area contributed by atoms with Gasteiger partial charge in [-0.2, -0.15) is 0 Å². The number of piperidine rings is 1. The van der Waals surface area contributed by atoms with Gasteiger partial charge < -0.3 is 15.4 Å². The zero-order valence-electron chi connectivity index (χ0n) is 10.5. The van der Waals surface area contributed by atoms with Crippen LogP contribution in [0.15, 0.2) is 0 Å². The number of rotatable bonds is 6. The first-order chi connectivity index (χ1) is 8.11. The number of hydrogen-bond donors (Lipinski definition) is 1. The summed E-state index contributed by atoms with van der Waals surface area (Å²) < 4.78 is 4.59. The molecule has 1 aliphatic rings. The number of methoxy groups -OCH3 is 1. The van der Waals surface area contributed by atoms with Gasteiger partial charge in [0.15, 0.2) is 0 Å². The predicted molar refractivity (Wildman–Crippen MR) is 64.2 cm³/mol. The molecule has 0 aromatic rings. The van der Waals surface area contributed by atoms with E-state index in [2.05, 4.69) is 9.64 Å². The van der Waals surface area contributed by atoms with Crippen molar-refractivity contribution in [3.05, 3.63) is 0 Å². The van der Waals surface area contributed by atoms with E-state index in [9.17, 15) is 9.59 Å². The van der Waals surface area contributed by atoms with E-state index in [0.717, 1.165) is 38.9 Å². The molecule has 0 bridgehead atoms. The molecule has 0 aromatic carbocycles. The lowest BCUT2D eigenvalue weighted by atomic mass is 9.93. The van der Waals surface area contributed by atoms with Crippen LogP contribution in [0.5, 0.6) is 0 Å². The van der Waals surface area contributed by atoms with Gasteiger partial charge in [0, 0.05) is 12.8 Å². The van der Waals surface area contributed by atoms with Gasteiger partial charge in [-0.3, -0.25) is 9.59 Å². The summed E-state index contributed by atoms with van der Waals surface area (Å²) in [5, 5.41) is 0. The third kappa shape index (κ3) is 5.68. The van der Waals surface area contributed by atoms with Crippen LogP contribution in [-0.4, -0.2) is 43.5 Å². The monoisotopic (exact) mass is 242 g/mol. The highest BCUT2D eigenvalue weighted by Gasteiger charge is 2.20. The highest BCUT2D eigenvalue weighted by molar-refractivity contribution is 5.74. The number of ether oxygens (including phenoxy) is 1. The second kappa shape index (κ2) is 7.27. The Bertz CT molecular complexity index is 260. The third-order valence-electron chi connectivity index (χ3n) is 3.28. The predicted octanol–water partition coefficient (Wildman–Crippen LogP) is 0.527. The maximum Gasteiger partial charge on any atom is 0.305 e. The summed E-state index contributed by atoms with van der Waals surface area (Å²) in [7, 11) is 1.41. The summed E-state index contributed by atoms with van der Waals surface area (Å²) in [6.45, 7) is 2.93. The molecule has 5 nitrogen and oxygen atoms in total. The van der Waals surface area contributed by atoms with Crippen LogP contribution in [0.25, 0.3) is 0 Å². The number of hydrogen-bond acceptors (Lipinski definition) is 4. The molecule has 0 saturated carbocycles. The first-order valence-corrected chi connectivity index (χ1v) is 6.19. The molecule has 1 saturated heterocycles. The molecule has 2 N–H and O–H groups in total. The lowest BCUT2D eigenvalue weighted by Gasteiger charge is -2.31. The van der Waals surface area contributed by atoms with E-state index in [0.29, 0.717) is 18.8 Å². The average Bonchev–Trinajstić information content (AvgIpc) is 2.30. The second-order valence-electron chi connectivity index (χ2n) is 4.64. The Hall–Kier alpha value is -1.10. The maximum atomic E-state index is 10.9. The highest BCUT2D eigenvalue weighted by atomic mass is 16.5. The molecule has 0 unspecified atom stereocenters. The summed E-state index contributed by atoms with van der Waals surface area (Å²) in [4.78, 5) is 24.1. The van der Waals surface area contributed by atoms with Crippen molar-refractivity contribution >= 4 is 11.9 Å². The summed E-state index contributed by atoms with van der Waals surface area (Å²) in [5.74, 6) is 0.104. The fourth-order valence-electron chi connectivity index (χ4n) is 2.25. The molecule has 17 heavy (non-hydrogen) atoms. The summed E-state index contributed by atoms with van der Waals surface area (Å²) in [6.07, 6.45) is 3.89. The number of esters is 1. The first-order valence-electron chi connectivity index (χ1n) is 6.19. The molecule has 1 fully saturated rings. The molecule has 0 radical (unpaired) electrons. The van der Waals surface area contributed by atoms with Gasteiger partial charge in [-0.15, -0.1) is 0 Å². The number of amides is 1. The third-order valence-corrected chi connectivity index (χ3v) is 3.28. The SMILES string of the molecule is COC(=O)CCCN1CCC(CC(N)=O)CC1. The summed E-state index contributed by atoms with van der Waals surface area (Å²) in [5.41, 5.74) is 5.18. The van der Waals surface area contributed by atoms with Crippen molar-refractivity contribution in [2.24, 2.45) is 11.7 Å². The number of primary amides is 1. The lowest BCUT2D eigenvalue weighted by Crippen LogP contribution is -2.35.